The van der Waals surface area contributed by atoms with E-state index in [1.807, 2.05) is 49.4 Å². The predicted molar refractivity (Wildman–Crippen MR) is 139 cm³/mol. The minimum Gasteiger partial charge on any atom is -0.497 e. The Labute approximate surface area is 206 Å². The van der Waals surface area contributed by atoms with E-state index in [0.717, 1.165) is 27.0 Å². The molecule has 0 aromatic heterocycles. The molecule has 0 bridgehead atoms. The van der Waals surface area contributed by atoms with Crippen molar-refractivity contribution in [3.8, 4) is 17.2 Å². The van der Waals surface area contributed by atoms with Gasteiger partial charge in [-0.05, 0) is 88.8 Å². The molecule has 1 saturated heterocycles. The fourth-order valence-electron chi connectivity index (χ4n) is 3.04. The monoisotopic (exact) mass is 564 g/mol. The highest BCUT2D eigenvalue weighted by atomic mass is 127. The predicted octanol–water partition coefficient (Wildman–Crippen LogP) is 5.89. The molecule has 2 aromatic rings. The Bertz CT molecular complexity index is 1050. The quantitative estimate of drug-likeness (QED) is 0.216. The van der Waals surface area contributed by atoms with Crippen LogP contribution >= 0.6 is 34.4 Å². The molecule has 2 aromatic carbocycles. The first-order valence-corrected chi connectivity index (χ1v) is 12.0. The molecule has 0 aliphatic carbocycles. The molecule has 0 N–H and O–H groups in total. The fraction of sp³-hybridized carbons (Fsp3) is 0.250. The number of hydrogen-bond donors (Lipinski definition) is 0. The molecule has 1 aliphatic heterocycles. The van der Waals surface area contributed by atoms with Crippen LogP contribution in [-0.4, -0.2) is 43.3 Å². The Morgan fingerprint density at radius 1 is 1.19 bits per heavy atom. The van der Waals surface area contributed by atoms with E-state index in [1.165, 1.54) is 11.8 Å². The van der Waals surface area contributed by atoms with Crippen molar-refractivity contribution in [3.63, 3.8) is 0 Å². The topological polar surface area (TPSA) is 60.4 Å². The van der Waals surface area contributed by atoms with E-state index in [2.05, 4.69) is 29.2 Å². The van der Waals surface area contributed by atoms with E-state index in [4.69, 9.17) is 19.2 Å². The first-order valence-electron chi connectivity index (χ1n) is 10.1. The fourth-order valence-corrected chi connectivity index (χ4v) is 4.84. The maximum absolute atomic E-state index is 13.1. The van der Waals surface area contributed by atoms with E-state index in [0.29, 0.717) is 34.7 Å². The maximum atomic E-state index is 13.1. The van der Waals surface area contributed by atoms with Crippen LogP contribution in [-0.2, 0) is 4.79 Å². The minimum absolute atomic E-state index is 0.0509. The average molecular weight is 564 g/mol. The number of amidine groups is 1. The number of carbonyl (C=O) groups is 1. The number of benzene rings is 2. The molecule has 32 heavy (non-hydrogen) atoms. The van der Waals surface area contributed by atoms with Crippen molar-refractivity contribution in [2.45, 2.75) is 13.3 Å². The minimum atomic E-state index is -0.0509. The molecule has 8 heteroatoms. The van der Waals surface area contributed by atoms with Gasteiger partial charge in [0.1, 0.15) is 12.4 Å². The summed E-state index contributed by atoms with van der Waals surface area (Å²) in [7, 11) is 3.22. The molecule has 3 rings (SSSR count). The van der Waals surface area contributed by atoms with Crippen LogP contribution in [0.1, 0.15) is 18.9 Å². The van der Waals surface area contributed by atoms with Crippen molar-refractivity contribution in [1.29, 1.82) is 0 Å². The zero-order chi connectivity index (χ0) is 23.1. The summed E-state index contributed by atoms with van der Waals surface area (Å²) in [4.78, 5) is 20.2. The lowest BCUT2D eigenvalue weighted by molar-refractivity contribution is -0.122. The normalized spacial score (nSPS) is 16.0. The molecule has 0 spiro atoms. The zero-order valence-electron chi connectivity index (χ0n) is 18.3. The summed E-state index contributed by atoms with van der Waals surface area (Å²) in [6, 6.07) is 11.3. The van der Waals surface area contributed by atoms with E-state index < -0.39 is 0 Å². The second kappa shape index (κ2) is 11.4. The molecule has 0 unspecified atom stereocenters. The summed E-state index contributed by atoms with van der Waals surface area (Å²) < 4.78 is 17.3. The SMILES string of the molecule is C=CCOc1c(I)cc(C=C2SC(=Nc3ccc(OC)cc3)N(CCC)C2=O)cc1OC. The van der Waals surface area contributed by atoms with Gasteiger partial charge < -0.3 is 14.2 Å². The van der Waals surface area contributed by atoms with Crippen LogP contribution < -0.4 is 14.2 Å². The van der Waals surface area contributed by atoms with E-state index >= 15 is 0 Å². The number of thioether (sulfide) groups is 1. The van der Waals surface area contributed by atoms with Crippen molar-refractivity contribution in [3.05, 3.63) is 63.1 Å². The number of ether oxygens (including phenoxy) is 3. The van der Waals surface area contributed by atoms with Gasteiger partial charge in [-0.3, -0.25) is 9.69 Å². The lowest BCUT2D eigenvalue weighted by Gasteiger charge is -2.14. The molecule has 1 fully saturated rings. The van der Waals surface area contributed by atoms with Crippen LogP contribution in [0, 0.1) is 3.57 Å². The van der Waals surface area contributed by atoms with Crippen molar-refractivity contribution in [2.75, 3.05) is 27.4 Å². The first-order chi connectivity index (χ1) is 15.5. The second-order valence-electron chi connectivity index (χ2n) is 6.79. The lowest BCUT2D eigenvalue weighted by Crippen LogP contribution is -2.29. The first kappa shape index (κ1) is 24.2. The van der Waals surface area contributed by atoms with Gasteiger partial charge in [-0.25, -0.2) is 4.99 Å². The molecule has 6 nitrogen and oxygen atoms in total. The Morgan fingerprint density at radius 3 is 2.56 bits per heavy atom. The molecule has 1 heterocycles. The van der Waals surface area contributed by atoms with Gasteiger partial charge in [-0.1, -0.05) is 19.6 Å². The van der Waals surface area contributed by atoms with E-state index in [9.17, 15) is 4.79 Å². The Kier molecular flexibility index (Phi) is 8.63. The third-order valence-electron chi connectivity index (χ3n) is 4.53. The molecular weight excluding hydrogens is 539 g/mol. The smallest absolute Gasteiger partial charge is 0.266 e. The summed E-state index contributed by atoms with van der Waals surface area (Å²) >= 11 is 3.58. The highest BCUT2D eigenvalue weighted by Gasteiger charge is 2.33. The summed E-state index contributed by atoms with van der Waals surface area (Å²) in [5.74, 6) is 1.98. The van der Waals surface area contributed by atoms with Crippen molar-refractivity contribution in [2.24, 2.45) is 4.99 Å². The number of nitrogens with zero attached hydrogens (tertiary/aromatic N) is 2. The molecule has 0 radical (unpaired) electrons. The van der Waals surface area contributed by atoms with Crippen molar-refractivity contribution >= 4 is 57.2 Å². The molecular formula is C24H25IN2O4S. The number of methoxy groups -OCH3 is 2. The van der Waals surface area contributed by atoms with E-state index in [-0.39, 0.29) is 5.91 Å². The van der Waals surface area contributed by atoms with Gasteiger partial charge in [-0.2, -0.15) is 0 Å². The third kappa shape index (κ3) is 5.66. The van der Waals surface area contributed by atoms with Crippen LogP contribution in [0.5, 0.6) is 17.2 Å². The van der Waals surface area contributed by atoms with E-state index in [1.54, 1.807) is 25.2 Å². The third-order valence-corrected chi connectivity index (χ3v) is 6.34. The Morgan fingerprint density at radius 2 is 1.94 bits per heavy atom. The number of carbonyl (C=O) groups excluding carboxylic acids is 1. The van der Waals surface area contributed by atoms with Gasteiger partial charge in [0, 0.05) is 6.54 Å². The van der Waals surface area contributed by atoms with Crippen LogP contribution in [0.4, 0.5) is 5.69 Å². The van der Waals surface area contributed by atoms with Gasteiger partial charge >= 0.3 is 0 Å². The average Bonchev–Trinajstić information content (AvgIpc) is 3.07. The summed E-state index contributed by atoms with van der Waals surface area (Å²) in [6.45, 7) is 6.72. The number of amides is 1. The summed E-state index contributed by atoms with van der Waals surface area (Å²) in [6.07, 6.45) is 4.39. The van der Waals surface area contributed by atoms with Gasteiger partial charge in [0.2, 0.25) is 0 Å². The molecule has 1 amide bonds. The van der Waals surface area contributed by atoms with Gasteiger partial charge in [0.15, 0.2) is 16.7 Å². The standard InChI is InChI=1S/C24H25IN2O4S/c1-5-11-27-23(28)21(32-24(27)26-17-7-9-18(29-3)10-8-17)15-16-13-19(25)22(31-12-6-2)20(14-16)30-4/h6-10,13-15H,2,5,11-12H2,1,3-4H3. The van der Waals surface area contributed by atoms with Crippen molar-refractivity contribution < 1.29 is 19.0 Å². The molecule has 0 saturated carbocycles. The second-order valence-corrected chi connectivity index (χ2v) is 8.96. The van der Waals surface area contributed by atoms with Gasteiger partial charge in [0.05, 0.1) is 28.4 Å². The number of aliphatic imine (C=N–C) groups is 1. The lowest BCUT2D eigenvalue weighted by atomic mass is 10.2. The maximum Gasteiger partial charge on any atom is 0.266 e. The van der Waals surface area contributed by atoms with Crippen LogP contribution in [0.3, 0.4) is 0 Å². The largest absolute Gasteiger partial charge is 0.497 e. The Hall–Kier alpha value is -2.46. The van der Waals surface area contributed by atoms with Crippen LogP contribution in [0.25, 0.3) is 6.08 Å². The van der Waals surface area contributed by atoms with Crippen molar-refractivity contribution in [1.82, 2.24) is 4.90 Å². The Balaban J connectivity index is 1.93. The summed E-state index contributed by atoms with van der Waals surface area (Å²) in [5.41, 5.74) is 1.62. The zero-order valence-corrected chi connectivity index (χ0v) is 21.2. The summed E-state index contributed by atoms with van der Waals surface area (Å²) in [5, 5.41) is 0.667. The number of halogens is 1. The van der Waals surface area contributed by atoms with Crippen LogP contribution in [0.15, 0.2) is 59.0 Å². The highest BCUT2D eigenvalue weighted by Crippen LogP contribution is 2.38. The number of hydrogen-bond acceptors (Lipinski definition) is 6. The molecule has 1 aliphatic rings. The molecule has 0 atom stereocenters. The van der Waals surface area contributed by atoms with Gasteiger partial charge in [0.25, 0.3) is 5.91 Å². The van der Waals surface area contributed by atoms with Crippen LogP contribution in [0.2, 0.25) is 0 Å². The van der Waals surface area contributed by atoms with Gasteiger partial charge in [-0.15, -0.1) is 0 Å². The highest BCUT2D eigenvalue weighted by molar-refractivity contribution is 14.1. The molecule has 168 valence electrons. The number of rotatable bonds is 9.